The van der Waals surface area contributed by atoms with Crippen LogP contribution >= 0.6 is 0 Å². The Kier molecular flexibility index (Phi) is 4.15. The molecule has 1 aliphatic heterocycles. The van der Waals surface area contributed by atoms with E-state index in [1.165, 1.54) is 0 Å². The fraction of sp³-hybridized carbons (Fsp3) is 0.875. The van der Waals surface area contributed by atoms with Gasteiger partial charge in [-0.2, -0.15) is 0 Å². The minimum atomic E-state index is -0.642. The molecule has 156 valence electrons. The van der Waals surface area contributed by atoms with Crippen molar-refractivity contribution in [3.8, 4) is 0 Å². The van der Waals surface area contributed by atoms with E-state index in [4.69, 9.17) is 4.74 Å². The summed E-state index contributed by atoms with van der Waals surface area (Å²) in [5.74, 6) is 1.62. The fourth-order valence-electron chi connectivity index (χ4n) is 8.76. The number of hydrogen-bond acceptors (Lipinski definition) is 4. The van der Waals surface area contributed by atoms with Gasteiger partial charge in [-0.1, -0.05) is 20.4 Å². The summed E-state index contributed by atoms with van der Waals surface area (Å²) in [4.78, 5) is 11.9. The number of hydrogen-bond donors (Lipinski definition) is 2. The molecular weight excluding hydrogens is 352 g/mol. The predicted octanol–water partition coefficient (Wildman–Crippen LogP) is 3.85. The molecular formula is C24H36O4. The molecule has 0 aromatic rings. The van der Waals surface area contributed by atoms with Gasteiger partial charge in [-0.3, -0.25) is 0 Å². The van der Waals surface area contributed by atoms with E-state index in [9.17, 15) is 15.0 Å². The molecule has 1 saturated heterocycles. The highest BCUT2D eigenvalue weighted by atomic mass is 16.5. The van der Waals surface area contributed by atoms with E-state index in [0.29, 0.717) is 29.9 Å². The number of aliphatic hydroxyl groups is 2. The standard InChI is InChI=1S/C24H36O4/c1-14-17(13-28-21(14)26)18-8-11-24(27)20-5-4-15-12-16(25)6-9-22(15,2)19(20)7-10-23(18,24)3/h15-20,25,27H,1,4-13H2,2-3H3/t15-,16+,17-,18-,19+,20-,22+,23-,24+/m1/s1. The zero-order chi connectivity index (χ0) is 19.9. The molecule has 5 rings (SSSR count). The zero-order valence-corrected chi connectivity index (χ0v) is 17.5. The van der Waals surface area contributed by atoms with Gasteiger partial charge in [0.1, 0.15) is 0 Å². The molecule has 1 heterocycles. The number of carbonyl (C=O) groups is 1. The number of esters is 1. The summed E-state index contributed by atoms with van der Waals surface area (Å²) in [6, 6.07) is 0. The van der Waals surface area contributed by atoms with Crippen molar-refractivity contribution in [2.75, 3.05) is 6.61 Å². The molecule has 4 heteroatoms. The van der Waals surface area contributed by atoms with Crippen LogP contribution in [-0.2, 0) is 9.53 Å². The number of cyclic esters (lactones) is 1. The second-order valence-corrected chi connectivity index (χ2v) is 11.2. The van der Waals surface area contributed by atoms with Crippen molar-refractivity contribution in [1.82, 2.24) is 0 Å². The molecule has 0 unspecified atom stereocenters. The number of aliphatic hydroxyl groups excluding tert-OH is 1. The maximum Gasteiger partial charge on any atom is 0.333 e. The smallest absolute Gasteiger partial charge is 0.333 e. The van der Waals surface area contributed by atoms with Crippen LogP contribution in [0.2, 0.25) is 0 Å². The highest BCUT2D eigenvalue weighted by Crippen LogP contribution is 2.70. The molecule has 4 saturated carbocycles. The van der Waals surface area contributed by atoms with Crippen LogP contribution in [0.15, 0.2) is 12.2 Å². The lowest BCUT2D eigenvalue weighted by molar-refractivity contribution is -0.212. The Balaban J connectivity index is 1.46. The first-order valence-corrected chi connectivity index (χ1v) is 11.5. The molecule has 0 bridgehead atoms. The molecule has 0 amide bonds. The van der Waals surface area contributed by atoms with Gasteiger partial charge in [-0.05, 0) is 86.9 Å². The SMILES string of the molecule is C=C1C(=O)OC[C@H]1[C@H]1CC[C@]2(O)[C@@H]3CC[C@@H]4C[C@@H](O)CC[C@]4(C)[C@H]3CC[C@]12C. The van der Waals surface area contributed by atoms with Crippen LogP contribution in [0.5, 0.6) is 0 Å². The first-order chi connectivity index (χ1) is 13.2. The zero-order valence-electron chi connectivity index (χ0n) is 17.5. The normalized spacial score (nSPS) is 56.0. The van der Waals surface area contributed by atoms with Crippen molar-refractivity contribution in [2.45, 2.75) is 83.3 Å². The van der Waals surface area contributed by atoms with E-state index < -0.39 is 5.60 Å². The van der Waals surface area contributed by atoms with Gasteiger partial charge in [0.25, 0.3) is 0 Å². The monoisotopic (exact) mass is 388 g/mol. The van der Waals surface area contributed by atoms with Gasteiger partial charge in [0.2, 0.25) is 0 Å². The third-order valence-electron chi connectivity index (χ3n) is 10.5. The van der Waals surface area contributed by atoms with Crippen molar-refractivity contribution in [2.24, 2.45) is 40.4 Å². The van der Waals surface area contributed by atoms with Gasteiger partial charge in [0, 0.05) is 16.9 Å². The fourth-order valence-corrected chi connectivity index (χ4v) is 8.76. The summed E-state index contributed by atoms with van der Waals surface area (Å²) >= 11 is 0. The van der Waals surface area contributed by atoms with Crippen LogP contribution in [0.1, 0.15) is 71.6 Å². The Morgan fingerprint density at radius 1 is 1.00 bits per heavy atom. The van der Waals surface area contributed by atoms with E-state index in [0.717, 1.165) is 57.8 Å². The Bertz CT molecular complexity index is 703. The first kappa shape index (κ1) is 19.1. The third kappa shape index (κ3) is 2.28. The molecule has 0 aromatic heterocycles. The maximum absolute atomic E-state index is 12.2. The van der Waals surface area contributed by atoms with Crippen molar-refractivity contribution < 1.29 is 19.7 Å². The van der Waals surface area contributed by atoms with Crippen LogP contribution in [0.4, 0.5) is 0 Å². The molecule has 5 aliphatic rings. The summed E-state index contributed by atoms with van der Waals surface area (Å²) in [7, 11) is 0. The molecule has 4 nitrogen and oxygen atoms in total. The van der Waals surface area contributed by atoms with Crippen molar-refractivity contribution in [3.05, 3.63) is 12.2 Å². The van der Waals surface area contributed by atoms with Crippen LogP contribution in [0, 0.1) is 40.4 Å². The Morgan fingerprint density at radius 3 is 2.46 bits per heavy atom. The van der Waals surface area contributed by atoms with E-state index in [-0.39, 0.29) is 34.7 Å². The first-order valence-electron chi connectivity index (χ1n) is 11.5. The Labute approximate surface area is 168 Å². The summed E-state index contributed by atoms with van der Waals surface area (Å²) in [5.41, 5.74) is 0.0753. The second kappa shape index (κ2) is 6.07. The highest BCUT2D eigenvalue weighted by molar-refractivity contribution is 5.90. The molecule has 9 atom stereocenters. The lowest BCUT2D eigenvalue weighted by Crippen LogP contribution is -2.62. The Morgan fingerprint density at radius 2 is 1.75 bits per heavy atom. The lowest BCUT2D eigenvalue weighted by Gasteiger charge is -2.63. The summed E-state index contributed by atoms with van der Waals surface area (Å²) in [6.07, 6.45) is 9.04. The molecule has 0 aromatic carbocycles. The molecule has 5 fully saturated rings. The molecule has 28 heavy (non-hydrogen) atoms. The van der Waals surface area contributed by atoms with Crippen molar-refractivity contribution in [3.63, 3.8) is 0 Å². The number of carbonyl (C=O) groups excluding carboxylic acids is 1. The van der Waals surface area contributed by atoms with Gasteiger partial charge >= 0.3 is 5.97 Å². The quantitative estimate of drug-likeness (QED) is 0.529. The van der Waals surface area contributed by atoms with Crippen molar-refractivity contribution in [1.29, 1.82) is 0 Å². The van der Waals surface area contributed by atoms with Crippen LogP contribution in [-0.4, -0.2) is 34.5 Å². The van der Waals surface area contributed by atoms with Crippen LogP contribution < -0.4 is 0 Å². The summed E-state index contributed by atoms with van der Waals surface area (Å²) in [5, 5.41) is 22.4. The topological polar surface area (TPSA) is 66.8 Å². The average Bonchev–Trinajstić information content (AvgIpc) is 3.12. The highest BCUT2D eigenvalue weighted by Gasteiger charge is 2.68. The molecule has 0 spiro atoms. The summed E-state index contributed by atoms with van der Waals surface area (Å²) in [6.45, 7) is 9.21. The second-order valence-electron chi connectivity index (χ2n) is 11.2. The van der Waals surface area contributed by atoms with Gasteiger partial charge in [0.15, 0.2) is 0 Å². The van der Waals surface area contributed by atoms with Gasteiger partial charge in [-0.25, -0.2) is 4.79 Å². The van der Waals surface area contributed by atoms with E-state index >= 15 is 0 Å². The maximum atomic E-state index is 12.2. The van der Waals surface area contributed by atoms with E-state index in [1.54, 1.807) is 0 Å². The predicted molar refractivity (Wildman–Crippen MR) is 106 cm³/mol. The number of fused-ring (bicyclic) bond motifs is 5. The minimum absolute atomic E-state index is 0.0693. The molecule has 2 N–H and O–H groups in total. The van der Waals surface area contributed by atoms with E-state index in [1.807, 2.05) is 0 Å². The molecule has 0 radical (unpaired) electrons. The minimum Gasteiger partial charge on any atom is -0.462 e. The average molecular weight is 389 g/mol. The van der Waals surface area contributed by atoms with E-state index in [2.05, 4.69) is 20.4 Å². The van der Waals surface area contributed by atoms with Crippen LogP contribution in [0.3, 0.4) is 0 Å². The summed E-state index contributed by atoms with van der Waals surface area (Å²) < 4.78 is 5.31. The molecule has 4 aliphatic carbocycles. The number of rotatable bonds is 1. The van der Waals surface area contributed by atoms with Gasteiger partial charge in [0.05, 0.1) is 18.3 Å². The Hall–Kier alpha value is -0.870. The van der Waals surface area contributed by atoms with Crippen molar-refractivity contribution >= 4 is 5.97 Å². The van der Waals surface area contributed by atoms with Crippen LogP contribution in [0.25, 0.3) is 0 Å². The number of ether oxygens (including phenoxy) is 1. The van der Waals surface area contributed by atoms with Gasteiger partial charge < -0.3 is 14.9 Å². The van der Waals surface area contributed by atoms with Gasteiger partial charge in [-0.15, -0.1) is 0 Å². The largest absolute Gasteiger partial charge is 0.462 e. The third-order valence-corrected chi connectivity index (χ3v) is 10.5. The lowest BCUT2D eigenvalue weighted by atomic mass is 9.43.